The summed E-state index contributed by atoms with van der Waals surface area (Å²) in [7, 11) is 0. The standard InChI is InChI=1S/C10H11N3O/c11-13-7-9(10(14)12-13)6-8-4-2-1-3-5-8/h1-5,7H,6,11H2,(H,12,14). The summed E-state index contributed by atoms with van der Waals surface area (Å²) in [4.78, 5) is 12.5. The van der Waals surface area contributed by atoms with Crippen molar-refractivity contribution in [1.29, 1.82) is 0 Å². The van der Waals surface area contributed by atoms with Crippen molar-refractivity contribution in [2.45, 2.75) is 6.42 Å². The van der Waals surface area contributed by atoms with Crippen molar-refractivity contribution < 1.29 is 0 Å². The molecule has 0 aliphatic carbocycles. The summed E-state index contributed by atoms with van der Waals surface area (Å²) in [6.07, 6.45) is 2.22. The van der Waals surface area contributed by atoms with Crippen LogP contribution in [0.15, 0.2) is 41.3 Å². The lowest BCUT2D eigenvalue weighted by molar-refractivity contribution is 0.818. The molecule has 0 bridgehead atoms. The Labute approximate surface area is 80.9 Å². The first kappa shape index (κ1) is 8.62. The number of hydrogen-bond donors (Lipinski definition) is 2. The Kier molecular flexibility index (Phi) is 2.10. The van der Waals surface area contributed by atoms with Crippen LogP contribution < -0.4 is 11.4 Å². The minimum absolute atomic E-state index is 0.128. The average molecular weight is 189 g/mol. The van der Waals surface area contributed by atoms with Gasteiger partial charge in [0.05, 0.1) is 6.20 Å². The minimum atomic E-state index is -0.128. The van der Waals surface area contributed by atoms with Crippen LogP contribution in [0.3, 0.4) is 0 Å². The third-order valence-electron chi connectivity index (χ3n) is 2.05. The van der Waals surface area contributed by atoms with Crippen LogP contribution in [0, 0.1) is 0 Å². The zero-order chi connectivity index (χ0) is 9.97. The second kappa shape index (κ2) is 3.41. The molecule has 0 unspecified atom stereocenters. The predicted octanol–water partition coefficient (Wildman–Crippen LogP) is 0.481. The van der Waals surface area contributed by atoms with Gasteiger partial charge in [-0.15, -0.1) is 0 Å². The van der Waals surface area contributed by atoms with Gasteiger partial charge in [0.15, 0.2) is 0 Å². The second-order valence-electron chi connectivity index (χ2n) is 3.16. The van der Waals surface area contributed by atoms with Gasteiger partial charge in [0.1, 0.15) is 0 Å². The number of nitrogen functional groups attached to an aromatic ring is 1. The van der Waals surface area contributed by atoms with E-state index in [0.717, 1.165) is 5.56 Å². The van der Waals surface area contributed by atoms with Crippen molar-refractivity contribution in [3.63, 3.8) is 0 Å². The smallest absolute Gasteiger partial charge is 0.269 e. The molecular weight excluding hydrogens is 178 g/mol. The van der Waals surface area contributed by atoms with Crippen LogP contribution in [0.5, 0.6) is 0 Å². The lowest BCUT2D eigenvalue weighted by Gasteiger charge is -1.95. The van der Waals surface area contributed by atoms with Crippen LogP contribution in [0.1, 0.15) is 11.1 Å². The van der Waals surface area contributed by atoms with Crippen molar-refractivity contribution >= 4 is 0 Å². The number of hydrogen-bond acceptors (Lipinski definition) is 2. The Hall–Kier alpha value is -1.97. The Bertz CT molecular complexity index is 470. The van der Waals surface area contributed by atoms with Crippen molar-refractivity contribution in [1.82, 2.24) is 9.89 Å². The van der Waals surface area contributed by atoms with Crippen LogP contribution >= 0.6 is 0 Å². The number of H-pyrrole nitrogens is 1. The highest BCUT2D eigenvalue weighted by atomic mass is 16.1. The molecule has 0 atom stereocenters. The van der Waals surface area contributed by atoms with E-state index in [-0.39, 0.29) is 5.56 Å². The molecule has 4 nitrogen and oxygen atoms in total. The molecule has 3 N–H and O–H groups in total. The van der Waals surface area contributed by atoms with Gasteiger partial charge in [-0.2, -0.15) is 0 Å². The summed E-state index contributed by atoms with van der Waals surface area (Å²) in [5, 5.41) is 2.47. The molecule has 0 saturated carbocycles. The highest BCUT2D eigenvalue weighted by molar-refractivity contribution is 5.22. The molecule has 0 amide bonds. The van der Waals surface area contributed by atoms with Crippen LogP contribution in [0.4, 0.5) is 0 Å². The molecule has 0 spiro atoms. The molecule has 0 fully saturated rings. The molecule has 0 saturated heterocycles. The first-order valence-electron chi connectivity index (χ1n) is 4.35. The Morgan fingerprint density at radius 1 is 1.29 bits per heavy atom. The first-order valence-corrected chi connectivity index (χ1v) is 4.35. The number of benzene rings is 1. The summed E-state index contributed by atoms with van der Waals surface area (Å²) in [6, 6.07) is 9.80. The van der Waals surface area contributed by atoms with E-state index in [1.807, 2.05) is 30.3 Å². The molecule has 1 aromatic heterocycles. The van der Waals surface area contributed by atoms with Gasteiger partial charge in [0.2, 0.25) is 0 Å². The SMILES string of the molecule is Nn1cc(Cc2ccccc2)c(=O)[nH]1. The fraction of sp³-hybridized carbons (Fsp3) is 0.100. The van der Waals surface area contributed by atoms with Gasteiger partial charge in [-0.3, -0.25) is 4.79 Å². The molecule has 4 heteroatoms. The van der Waals surface area contributed by atoms with Gasteiger partial charge in [-0.25, -0.2) is 9.89 Å². The van der Waals surface area contributed by atoms with Gasteiger partial charge in [-0.05, 0) is 5.56 Å². The topological polar surface area (TPSA) is 63.8 Å². The Morgan fingerprint density at radius 3 is 2.57 bits per heavy atom. The van der Waals surface area contributed by atoms with Crippen molar-refractivity contribution in [2.24, 2.45) is 0 Å². The average Bonchev–Trinajstić information content (AvgIpc) is 2.47. The predicted molar refractivity (Wildman–Crippen MR) is 54.5 cm³/mol. The lowest BCUT2D eigenvalue weighted by Crippen LogP contribution is -2.13. The number of aromatic amines is 1. The van der Waals surface area contributed by atoms with Gasteiger partial charge in [0.25, 0.3) is 5.56 Å². The molecule has 0 aliphatic rings. The van der Waals surface area contributed by atoms with Gasteiger partial charge in [-0.1, -0.05) is 30.3 Å². The molecule has 0 radical (unpaired) electrons. The number of nitrogens with two attached hydrogens (primary N) is 1. The van der Waals surface area contributed by atoms with Crippen LogP contribution in [0.2, 0.25) is 0 Å². The second-order valence-corrected chi connectivity index (χ2v) is 3.16. The quantitative estimate of drug-likeness (QED) is 0.675. The largest absolute Gasteiger partial charge is 0.325 e. The van der Waals surface area contributed by atoms with Crippen molar-refractivity contribution in [3.05, 3.63) is 58.0 Å². The highest BCUT2D eigenvalue weighted by Gasteiger charge is 2.02. The van der Waals surface area contributed by atoms with Gasteiger partial charge >= 0.3 is 0 Å². The summed E-state index contributed by atoms with van der Waals surface area (Å²) in [6.45, 7) is 0. The van der Waals surface area contributed by atoms with Crippen molar-refractivity contribution in [2.75, 3.05) is 5.84 Å². The highest BCUT2D eigenvalue weighted by Crippen LogP contribution is 2.04. The van der Waals surface area contributed by atoms with E-state index in [4.69, 9.17) is 5.84 Å². The Morgan fingerprint density at radius 2 is 2.00 bits per heavy atom. The van der Waals surface area contributed by atoms with E-state index < -0.39 is 0 Å². The molecular formula is C10H11N3O. The van der Waals surface area contributed by atoms with Crippen LogP contribution in [-0.4, -0.2) is 9.89 Å². The normalized spacial score (nSPS) is 10.3. The zero-order valence-electron chi connectivity index (χ0n) is 7.60. The van der Waals surface area contributed by atoms with Crippen molar-refractivity contribution in [3.8, 4) is 0 Å². The van der Waals surface area contributed by atoms with E-state index in [1.165, 1.54) is 4.79 Å². The fourth-order valence-electron chi connectivity index (χ4n) is 1.39. The van der Waals surface area contributed by atoms with Gasteiger partial charge < -0.3 is 5.84 Å². The summed E-state index contributed by atoms with van der Waals surface area (Å²) < 4.78 is 0. The van der Waals surface area contributed by atoms with Gasteiger partial charge in [0, 0.05) is 12.0 Å². The Balaban J connectivity index is 2.28. The molecule has 2 rings (SSSR count). The van der Waals surface area contributed by atoms with Crippen LogP contribution in [-0.2, 0) is 6.42 Å². The third kappa shape index (κ3) is 1.69. The van der Waals surface area contributed by atoms with Crippen LogP contribution in [0.25, 0.3) is 0 Å². The molecule has 14 heavy (non-hydrogen) atoms. The minimum Gasteiger partial charge on any atom is -0.325 e. The van der Waals surface area contributed by atoms with E-state index >= 15 is 0 Å². The molecule has 0 aliphatic heterocycles. The summed E-state index contributed by atoms with van der Waals surface area (Å²) in [5.74, 6) is 5.39. The zero-order valence-corrected chi connectivity index (χ0v) is 7.60. The summed E-state index contributed by atoms with van der Waals surface area (Å²) >= 11 is 0. The third-order valence-corrected chi connectivity index (χ3v) is 2.05. The number of nitrogens with one attached hydrogen (secondary N) is 1. The maximum Gasteiger partial charge on any atom is 0.269 e. The monoisotopic (exact) mass is 189 g/mol. The number of aromatic nitrogens is 2. The number of nitrogens with zero attached hydrogens (tertiary/aromatic N) is 1. The molecule has 1 heterocycles. The fourth-order valence-corrected chi connectivity index (χ4v) is 1.39. The molecule has 2 aromatic rings. The van der Waals surface area contributed by atoms with E-state index in [0.29, 0.717) is 12.0 Å². The molecule has 1 aromatic carbocycles. The number of rotatable bonds is 2. The summed E-state index contributed by atoms with van der Waals surface area (Å²) in [5.41, 5.74) is 1.65. The van der Waals surface area contributed by atoms with E-state index in [2.05, 4.69) is 5.10 Å². The first-order chi connectivity index (χ1) is 6.75. The van der Waals surface area contributed by atoms with E-state index in [9.17, 15) is 4.79 Å². The maximum atomic E-state index is 11.3. The maximum absolute atomic E-state index is 11.3. The lowest BCUT2D eigenvalue weighted by atomic mass is 10.1. The molecule has 72 valence electrons. The van der Waals surface area contributed by atoms with E-state index in [1.54, 1.807) is 6.20 Å².